The lowest BCUT2D eigenvalue weighted by Gasteiger charge is -2.35. The summed E-state index contributed by atoms with van der Waals surface area (Å²) in [6, 6.07) is 11.3. The zero-order valence-electron chi connectivity index (χ0n) is 16.4. The molecule has 0 spiro atoms. The van der Waals surface area contributed by atoms with E-state index in [1.165, 1.54) is 0 Å². The van der Waals surface area contributed by atoms with Crippen LogP contribution in [0, 0.1) is 0 Å². The van der Waals surface area contributed by atoms with E-state index in [-0.39, 0.29) is 5.75 Å². The van der Waals surface area contributed by atoms with E-state index in [1.54, 1.807) is 12.1 Å². The summed E-state index contributed by atoms with van der Waals surface area (Å²) in [5.74, 6) is 2.85. The van der Waals surface area contributed by atoms with Crippen molar-refractivity contribution in [2.45, 2.75) is 6.42 Å². The molecular formula is C22H20Br2N4O2. The van der Waals surface area contributed by atoms with Crippen molar-refractivity contribution >= 4 is 37.7 Å². The standard InChI is InChI=1S/C22H20Br2N4O2/c1-27-6-8-28(9-7-27)21-17-11-13-10-14(23)3-5-19(13)30-22(17)26-20(25-21)16-12-15(24)2-4-18(16)29/h2-5,10,12,29H,6-9,11H2,1H3. The fraction of sp³-hybridized carbons (Fsp3) is 0.273. The van der Waals surface area contributed by atoms with Gasteiger partial charge < -0.3 is 19.6 Å². The van der Waals surface area contributed by atoms with Crippen LogP contribution in [0.2, 0.25) is 0 Å². The zero-order chi connectivity index (χ0) is 20.8. The monoisotopic (exact) mass is 530 g/mol. The number of likely N-dealkylation sites (N-methyl/N-ethyl adjacent to an activating group) is 1. The lowest BCUT2D eigenvalue weighted by molar-refractivity contribution is 0.311. The topological polar surface area (TPSA) is 61.7 Å². The Kier molecular flexibility index (Phi) is 5.16. The van der Waals surface area contributed by atoms with Crippen molar-refractivity contribution in [2.75, 3.05) is 38.1 Å². The first-order valence-electron chi connectivity index (χ1n) is 9.77. The van der Waals surface area contributed by atoms with E-state index in [2.05, 4.69) is 54.8 Å². The summed E-state index contributed by atoms with van der Waals surface area (Å²) in [4.78, 5) is 14.3. The van der Waals surface area contributed by atoms with Gasteiger partial charge in [-0.15, -0.1) is 0 Å². The maximum absolute atomic E-state index is 10.4. The highest BCUT2D eigenvalue weighted by atomic mass is 79.9. The van der Waals surface area contributed by atoms with Gasteiger partial charge in [0.1, 0.15) is 17.3 Å². The number of phenols is 1. The molecule has 6 nitrogen and oxygen atoms in total. The van der Waals surface area contributed by atoms with Crippen LogP contribution in [-0.2, 0) is 6.42 Å². The number of halogens is 2. The summed E-state index contributed by atoms with van der Waals surface area (Å²) in [7, 11) is 2.13. The molecule has 5 rings (SSSR count). The molecule has 0 atom stereocenters. The SMILES string of the molecule is CN1CCN(c2nc(-c3cc(Br)ccc3O)nc3c2Cc2cc(Br)ccc2O3)CC1. The van der Waals surface area contributed by atoms with Crippen LogP contribution in [0.3, 0.4) is 0 Å². The molecule has 2 aromatic carbocycles. The van der Waals surface area contributed by atoms with Crippen LogP contribution < -0.4 is 9.64 Å². The molecule has 1 aromatic heterocycles. The maximum Gasteiger partial charge on any atom is 0.228 e. The van der Waals surface area contributed by atoms with Crippen molar-refractivity contribution < 1.29 is 9.84 Å². The summed E-state index contributed by atoms with van der Waals surface area (Å²) in [5, 5.41) is 10.4. The number of hydrogen-bond acceptors (Lipinski definition) is 6. The van der Waals surface area contributed by atoms with Crippen molar-refractivity contribution in [3.05, 3.63) is 56.5 Å². The number of phenolic OH excluding ortho intramolecular Hbond substituents is 1. The van der Waals surface area contributed by atoms with E-state index < -0.39 is 0 Å². The molecule has 2 aliphatic heterocycles. The number of fused-ring (bicyclic) bond motifs is 2. The molecular weight excluding hydrogens is 512 g/mol. The number of anilines is 1. The Bertz CT molecular complexity index is 1130. The first kappa shape index (κ1) is 19.8. The highest BCUT2D eigenvalue weighted by Crippen LogP contribution is 2.42. The van der Waals surface area contributed by atoms with Gasteiger partial charge in [-0.3, -0.25) is 0 Å². The second-order valence-corrected chi connectivity index (χ2v) is 9.47. The van der Waals surface area contributed by atoms with E-state index in [0.717, 1.165) is 57.8 Å². The third-order valence-corrected chi connectivity index (χ3v) is 6.53. The van der Waals surface area contributed by atoms with Gasteiger partial charge in [-0.05, 0) is 43.4 Å². The third kappa shape index (κ3) is 3.68. The lowest BCUT2D eigenvalue weighted by Crippen LogP contribution is -2.45. The Morgan fingerprint density at radius 3 is 2.50 bits per heavy atom. The number of ether oxygens (including phenoxy) is 1. The molecule has 1 fully saturated rings. The average Bonchev–Trinajstić information content (AvgIpc) is 2.74. The number of aromatic nitrogens is 2. The van der Waals surface area contributed by atoms with Crippen molar-refractivity contribution in [1.82, 2.24) is 14.9 Å². The summed E-state index contributed by atoms with van der Waals surface area (Å²) in [6.45, 7) is 3.71. The van der Waals surface area contributed by atoms with Crippen LogP contribution in [0.15, 0.2) is 45.3 Å². The van der Waals surface area contributed by atoms with Crippen LogP contribution in [0.4, 0.5) is 5.82 Å². The van der Waals surface area contributed by atoms with Crippen molar-refractivity contribution in [1.29, 1.82) is 0 Å². The predicted molar refractivity (Wildman–Crippen MR) is 124 cm³/mol. The molecule has 0 bridgehead atoms. The second-order valence-electron chi connectivity index (χ2n) is 7.64. The first-order chi connectivity index (χ1) is 14.5. The van der Waals surface area contributed by atoms with E-state index in [9.17, 15) is 5.11 Å². The van der Waals surface area contributed by atoms with Crippen LogP contribution in [0.25, 0.3) is 11.4 Å². The minimum absolute atomic E-state index is 0.141. The Hall–Kier alpha value is -2.16. The van der Waals surface area contributed by atoms with Gasteiger partial charge in [0.15, 0.2) is 5.82 Å². The zero-order valence-corrected chi connectivity index (χ0v) is 19.6. The van der Waals surface area contributed by atoms with E-state index in [4.69, 9.17) is 14.7 Å². The van der Waals surface area contributed by atoms with Gasteiger partial charge in [-0.2, -0.15) is 4.98 Å². The van der Waals surface area contributed by atoms with Crippen molar-refractivity contribution in [3.8, 4) is 28.8 Å². The Morgan fingerprint density at radius 1 is 0.967 bits per heavy atom. The van der Waals surface area contributed by atoms with E-state index in [0.29, 0.717) is 23.7 Å². The average molecular weight is 532 g/mol. The van der Waals surface area contributed by atoms with Gasteiger partial charge in [0.2, 0.25) is 5.88 Å². The largest absolute Gasteiger partial charge is 0.507 e. The normalized spacial score (nSPS) is 16.0. The number of hydrogen-bond donors (Lipinski definition) is 1. The third-order valence-electron chi connectivity index (χ3n) is 5.55. The Labute approximate surface area is 191 Å². The van der Waals surface area contributed by atoms with Crippen molar-refractivity contribution in [3.63, 3.8) is 0 Å². The number of aromatic hydroxyl groups is 1. The minimum atomic E-state index is 0.141. The number of piperazine rings is 1. The fourth-order valence-electron chi connectivity index (χ4n) is 3.86. The molecule has 2 aliphatic rings. The van der Waals surface area contributed by atoms with E-state index >= 15 is 0 Å². The fourth-order valence-corrected chi connectivity index (χ4v) is 4.63. The Balaban J connectivity index is 1.65. The van der Waals surface area contributed by atoms with E-state index in [1.807, 2.05) is 18.2 Å². The highest BCUT2D eigenvalue weighted by molar-refractivity contribution is 9.10. The molecule has 8 heteroatoms. The van der Waals surface area contributed by atoms with Gasteiger partial charge in [-0.1, -0.05) is 31.9 Å². The molecule has 0 aliphatic carbocycles. The molecule has 30 heavy (non-hydrogen) atoms. The quantitative estimate of drug-likeness (QED) is 0.400. The Morgan fingerprint density at radius 2 is 1.70 bits per heavy atom. The maximum atomic E-state index is 10.4. The van der Waals surface area contributed by atoms with Crippen LogP contribution in [0.1, 0.15) is 11.1 Å². The highest BCUT2D eigenvalue weighted by Gasteiger charge is 2.28. The van der Waals surface area contributed by atoms with Gasteiger partial charge in [0.05, 0.1) is 11.1 Å². The second kappa shape index (κ2) is 7.83. The molecule has 0 radical (unpaired) electrons. The molecule has 1 N–H and O–H groups in total. The molecule has 3 aromatic rings. The molecule has 0 unspecified atom stereocenters. The smallest absolute Gasteiger partial charge is 0.228 e. The molecule has 0 saturated carbocycles. The summed E-state index contributed by atoms with van der Waals surface area (Å²) in [5.41, 5.74) is 2.67. The molecule has 1 saturated heterocycles. The predicted octanol–water partition coefficient (Wildman–Crippen LogP) is 4.82. The molecule has 3 heterocycles. The van der Waals surface area contributed by atoms with Gasteiger partial charge in [0.25, 0.3) is 0 Å². The van der Waals surface area contributed by atoms with Gasteiger partial charge >= 0.3 is 0 Å². The summed E-state index contributed by atoms with van der Waals surface area (Å²) in [6.07, 6.45) is 0.705. The van der Waals surface area contributed by atoms with Gasteiger partial charge in [-0.25, -0.2) is 4.98 Å². The number of benzene rings is 2. The van der Waals surface area contributed by atoms with Crippen LogP contribution in [-0.4, -0.2) is 53.2 Å². The summed E-state index contributed by atoms with van der Waals surface area (Å²) >= 11 is 7.03. The van der Waals surface area contributed by atoms with Crippen LogP contribution >= 0.6 is 31.9 Å². The first-order valence-corrected chi connectivity index (χ1v) is 11.4. The van der Waals surface area contributed by atoms with Crippen molar-refractivity contribution in [2.24, 2.45) is 0 Å². The van der Waals surface area contributed by atoms with Crippen LogP contribution in [0.5, 0.6) is 17.4 Å². The molecule has 0 amide bonds. The van der Waals surface area contributed by atoms with Gasteiger partial charge in [0, 0.05) is 47.1 Å². The lowest BCUT2D eigenvalue weighted by atomic mass is 10.0. The molecule has 154 valence electrons. The summed E-state index contributed by atoms with van der Waals surface area (Å²) < 4.78 is 8.09. The number of rotatable bonds is 2. The number of nitrogens with zero attached hydrogens (tertiary/aromatic N) is 4. The minimum Gasteiger partial charge on any atom is -0.507 e.